The third kappa shape index (κ3) is 9.14. The molecule has 264 valence electrons. The van der Waals surface area contributed by atoms with Crippen molar-refractivity contribution < 1.29 is 80.8 Å². The monoisotopic (exact) mass is 739 g/mol. The van der Waals surface area contributed by atoms with Gasteiger partial charge in [0.2, 0.25) is 0 Å². The van der Waals surface area contributed by atoms with Crippen molar-refractivity contribution in [3.8, 4) is 0 Å². The Morgan fingerprint density at radius 3 is 1.77 bits per heavy atom. The number of rotatable bonds is 14. The van der Waals surface area contributed by atoms with Crippen LogP contribution in [0.2, 0.25) is 0 Å². The highest BCUT2D eigenvalue weighted by atomic mass is 31.3. The van der Waals surface area contributed by atoms with Crippen molar-refractivity contribution in [2.24, 2.45) is 0 Å². The van der Waals surface area contributed by atoms with Crippen LogP contribution in [0.1, 0.15) is 12.5 Å². The average molecular weight is 739 g/mol. The summed E-state index contributed by atoms with van der Waals surface area (Å²) in [6.07, 6.45) is -11.8. The summed E-state index contributed by atoms with van der Waals surface area (Å²) >= 11 is 0. The van der Waals surface area contributed by atoms with Gasteiger partial charge in [-0.2, -0.15) is 13.6 Å². The molecule has 0 saturated carbocycles. The van der Waals surface area contributed by atoms with Gasteiger partial charge in [-0.25, -0.2) is 28.8 Å². The van der Waals surface area contributed by atoms with Crippen LogP contribution in [0.5, 0.6) is 0 Å². The molecule has 0 radical (unpaired) electrons. The zero-order valence-electron chi connectivity index (χ0n) is 23.5. The van der Waals surface area contributed by atoms with E-state index in [-0.39, 0.29) is 5.82 Å². The number of H-pyrrole nitrogens is 1. The molecule has 2 aliphatic heterocycles. The number of aromatic nitrogens is 4. The largest absolute Gasteiger partial charge is 0.490 e. The average Bonchev–Trinajstić information content (AvgIpc) is 3.39. The van der Waals surface area contributed by atoms with Crippen molar-refractivity contribution in [2.45, 2.75) is 49.1 Å². The van der Waals surface area contributed by atoms with Gasteiger partial charge in [0.25, 0.3) is 5.56 Å². The smallest absolute Gasteiger partial charge is 0.387 e. The molecule has 0 spiro atoms. The van der Waals surface area contributed by atoms with Crippen molar-refractivity contribution in [1.29, 1.82) is 0 Å². The highest BCUT2D eigenvalue weighted by Gasteiger charge is 2.49. The fraction of sp³-hybridized carbons (Fsp3) is 0.579. The maximum absolute atomic E-state index is 12.3. The molecule has 28 heteroatoms. The van der Waals surface area contributed by atoms with E-state index < -0.39 is 103 Å². The summed E-state index contributed by atoms with van der Waals surface area (Å²) in [7, 11) is -16.1. The Morgan fingerprint density at radius 1 is 0.809 bits per heavy atom. The Labute approximate surface area is 260 Å². The van der Waals surface area contributed by atoms with E-state index >= 15 is 0 Å². The standard InChI is InChI=1S/C19H28N5O20P3/c1-38-22-10-2-4-23(18(30)20-10)16-14(28)12(26)8(41-16)6-39-45(32,33)43-47(36,37)44-46(34,35)40-7-9-13(27)15(29)17(42-9)24-5-3-11(25)21-19(24)31/h2-5,8-9,12-17,26-29H,6-7H2,1H3,(H,32,33)(H,34,35)(H,36,37)(H,20,22,30)(H,21,25,31)/t8-,9-,12+,13+,14?,15?,16-,17-/m1/s1. The molecule has 2 fully saturated rings. The number of aliphatic hydroxyl groups excluding tert-OH is 4. The molecule has 0 bridgehead atoms. The van der Waals surface area contributed by atoms with Crippen molar-refractivity contribution in [3.05, 3.63) is 55.8 Å². The first-order valence-corrected chi connectivity index (χ1v) is 17.2. The number of hydrogen-bond donors (Lipinski definition) is 9. The molecule has 0 aromatic carbocycles. The minimum absolute atomic E-state index is 0.00828. The van der Waals surface area contributed by atoms with Gasteiger partial charge in [-0.15, -0.1) is 0 Å². The highest BCUT2D eigenvalue weighted by molar-refractivity contribution is 7.66. The lowest BCUT2D eigenvalue weighted by atomic mass is 10.1. The molecule has 11 atom stereocenters. The van der Waals surface area contributed by atoms with Crippen LogP contribution in [-0.2, 0) is 45.7 Å². The van der Waals surface area contributed by atoms with Crippen LogP contribution < -0.4 is 22.4 Å². The second kappa shape index (κ2) is 14.5. The van der Waals surface area contributed by atoms with Crippen LogP contribution >= 0.6 is 23.5 Å². The molecule has 2 aromatic rings. The first-order valence-electron chi connectivity index (χ1n) is 12.8. The van der Waals surface area contributed by atoms with Crippen LogP contribution in [0.25, 0.3) is 0 Å². The number of nitrogens with zero attached hydrogens (tertiary/aromatic N) is 3. The number of ether oxygens (including phenoxy) is 2. The van der Waals surface area contributed by atoms with Gasteiger partial charge >= 0.3 is 34.8 Å². The summed E-state index contributed by atoms with van der Waals surface area (Å²) in [6.45, 7) is -2.24. The number of aliphatic hydroxyl groups is 4. The summed E-state index contributed by atoms with van der Waals surface area (Å²) in [5.74, 6) is -0.00828. The number of aromatic amines is 1. The predicted octanol–water partition coefficient (Wildman–Crippen LogP) is -3.63. The number of anilines is 1. The third-order valence-electron chi connectivity index (χ3n) is 6.33. The maximum atomic E-state index is 12.3. The number of phosphoric ester groups is 2. The van der Waals surface area contributed by atoms with Crippen molar-refractivity contribution in [1.82, 2.24) is 19.1 Å². The van der Waals surface area contributed by atoms with Crippen LogP contribution in [0.3, 0.4) is 0 Å². The summed E-state index contributed by atoms with van der Waals surface area (Å²) < 4.78 is 65.7. The Kier molecular flexibility index (Phi) is 11.5. The molecule has 0 amide bonds. The topological polar surface area (TPSA) is 359 Å². The van der Waals surface area contributed by atoms with Crippen LogP contribution in [0.15, 0.2) is 38.9 Å². The number of hydrogen-bond acceptors (Lipinski definition) is 19. The van der Waals surface area contributed by atoms with Gasteiger partial charge < -0.3 is 44.6 Å². The van der Waals surface area contributed by atoms with Gasteiger partial charge in [0.1, 0.15) is 36.6 Å². The van der Waals surface area contributed by atoms with E-state index in [4.69, 9.17) is 9.47 Å². The fourth-order valence-corrected chi connectivity index (χ4v) is 7.77. The summed E-state index contributed by atoms with van der Waals surface area (Å²) in [5.41, 5.74) is -0.497. The number of phosphoric acid groups is 3. The first-order chi connectivity index (χ1) is 21.8. The Hall–Kier alpha value is -2.51. The van der Waals surface area contributed by atoms with Crippen molar-refractivity contribution in [2.75, 3.05) is 25.8 Å². The van der Waals surface area contributed by atoms with Gasteiger partial charge in [-0.1, -0.05) is 0 Å². The SMILES string of the molecule is CONc1ccn([C@@H]2O[C@H](COP(=O)(O)OP(=O)(O)OP(=O)(O)OC[C@H]3O[C@@H](n4ccc(=O)[nH]c4=O)C(O)[C@H]3O)[C@H](O)C2O)c(=O)n1. The maximum Gasteiger partial charge on any atom is 0.490 e. The number of nitrogens with one attached hydrogen (secondary N) is 2. The minimum atomic E-state index is -5.99. The van der Waals surface area contributed by atoms with E-state index in [0.29, 0.717) is 4.57 Å². The fourth-order valence-electron chi connectivity index (χ4n) is 4.25. The van der Waals surface area contributed by atoms with Crippen LogP contribution in [-0.4, -0.2) is 111 Å². The normalized spacial score (nSPS) is 31.6. The van der Waals surface area contributed by atoms with Gasteiger partial charge in [0, 0.05) is 18.5 Å². The summed E-state index contributed by atoms with van der Waals surface area (Å²) in [6, 6.07) is 2.15. The molecule has 5 unspecified atom stereocenters. The Bertz CT molecular complexity index is 1750. The van der Waals surface area contributed by atoms with Gasteiger partial charge in [-0.3, -0.25) is 32.8 Å². The first kappa shape index (κ1) is 37.3. The van der Waals surface area contributed by atoms with E-state index in [0.717, 1.165) is 23.0 Å². The molecule has 9 N–H and O–H groups in total. The van der Waals surface area contributed by atoms with Crippen LogP contribution in [0.4, 0.5) is 5.82 Å². The second-order valence-electron chi connectivity index (χ2n) is 9.58. The minimum Gasteiger partial charge on any atom is -0.387 e. The van der Waals surface area contributed by atoms with E-state index in [9.17, 15) is 63.2 Å². The quantitative estimate of drug-likeness (QED) is 0.0666. The van der Waals surface area contributed by atoms with Crippen molar-refractivity contribution >= 4 is 29.3 Å². The van der Waals surface area contributed by atoms with E-state index in [2.05, 4.69) is 33.0 Å². The Morgan fingerprint density at radius 2 is 1.30 bits per heavy atom. The third-order valence-corrected chi connectivity index (χ3v) is 10.6. The zero-order chi connectivity index (χ0) is 34.9. The van der Waals surface area contributed by atoms with E-state index in [1.54, 1.807) is 0 Å². The van der Waals surface area contributed by atoms with E-state index in [1.165, 1.54) is 13.2 Å². The molecular weight excluding hydrogens is 711 g/mol. The highest BCUT2D eigenvalue weighted by Crippen LogP contribution is 2.67. The molecule has 47 heavy (non-hydrogen) atoms. The molecule has 0 aliphatic carbocycles. The molecule has 2 aromatic heterocycles. The van der Waals surface area contributed by atoms with Gasteiger partial charge in [-0.05, 0) is 6.07 Å². The van der Waals surface area contributed by atoms with E-state index in [1.807, 2.05) is 4.98 Å². The molecule has 2 aliphatic rings. The van der Waals surface area contributed by atoms with Crippen LogP contribution in [0, 0.1) is 0 Å². The Balaban J connectivity index is 1.31. The molecule has 25 nitrogen and oxygen atoms in total. The van der Waals surface area contributed by atoms with Gasteiger partial charge in [0.15, 0.2) is 18.3 Å². The molecular formula is C19H28N5O20P3. The lowest BCUT2D eigenvalue weighted by Gasteiger charge is -2.21. The van der Waals surface area contributed by atoms with Gasteiger partial charge in [0.05, 0.1) is 20.3 Å². The van der Waals surface area contributed by atoms with Crippen molar-refractivity contribution in [3.63, 3.8) is 0 Å². The predicted molar refractivity (Wildman–Crippen MR) is 146 cm³/mol. The lowest BCUT2D eigenvalue weighted by Crippen LogP contribution is -2.37. The molecule has 4 heterocycles. The zero-order valence-corrected chi connectivity index (χ0v) is 26.1. The molecule has 2 saturated heterocycles. The lowest BCUT2D eigenvalue weighted by molar-refractivity contribution is -0.0548. The summed E-state index contributed by atoms with van der Waals surface area (Å²) in [5, 5.41) is 41.0. The second-order valence-corrected chi connectivity index (χ2v) is 14.2. The molecule has 4 rings (SSSR count). The summed E-state index contributed by atoms with van der Waals surface area (Å²) in [4.78, 5) is 75.1.